The number of rotatable bonds is 5. The number of ether oxygens (including phenoxy) is 2. The zero-order valence-corrected chi connectivity index (χ0v) is 27.2. The highest BCUT2D eigenvalue weighted by molar-refractivity contribution is 6.21. The van der Waals surface area contributed by atoms with Crippen LogP contribution in [0.5, 0.6) is 0 Å². The first-order valence-corrected chi connectivity index (χ1v) is 16.1. The number of esters is 1. The van der Waals surface area contributed by atoms with Crippen LogP contribution in [0.25, 0.3) is 0 Å². The molecule has 0 aromatic rings. The lowest BCUT2D eigenvalue weighted by Crippen LogP contribution is -2.45. The number of fused-ring (bicyclic) bond motifs is 2. The number of Topliss-reactive ketones (excluding diaryl/α,β-unsaturated/α-hetero) is 2. The molecule has 248 valence electrons. The molecule has 2 N–H and O–H groups in total. The lowest BCUT2D eigenvalue weighted by Gasteiger charge is -2.26. The average molecular weight is 635 g/mol. The summed E-state index contributed by atoms with van der Waals surface area (Å²) in [4.78, 5) is 77.2. The first-order valence-electron chi connectivity index (χ1n) is 16.1. The second-order valence-electron chi connectivity index (χ2n) is 12.0. The number of nitrogens with one attached hydrogen (secondary N) is 2. The summed E-state index contributed by atoms with van der Waals surface area (Å²) in [6, 6.07) is -0.870. The molecule has 0 spiro atoms. The van der Waals surface area contributed by atoms with Gasteiger partial charge in [-0.2, -0.15) is 0 Å². The minimum atomic E-state index is -0.870. The van der Waals surface area contributed by atoms with Crippen molar-refractivity contribution in [2.75, 3.05) is 7.11 Å². The Morgan fingerprint density at radius 1 is 1.00 bits per heavy atom. The Morgan fingerprint density at radius 3 is 2.43 bits per heavy atom. The van der Waals surface area contributed by atoms with Crippen molar-refractivity contribution in [1.82, 2.24) is 10.6 Å². The van der Waals surface area contributed by atoms with Gasteiger partial charge in [-0.15, -0.1) is 0 Å². The van der Waals surface area contributed by atoms with Crippen LogP contribution in [-0.2, 0) is 38.2 Å². The predicted molar refractivity (Wildman–Crippen MR) is 173 cm³/mol. The molecule has 0 unspecified atom stereocenters. The van der Waals surface area contributed by atoms with E-state index in [1.807, 2.05) is 0 Å². The normalized spacial score (nSPS) is 28.2. The van der Waals surface area contributed by atoms with E-state index in [1.165, 1.54) is 13.2 Å². The van der Waals surface area contributed by atoms with Gasteiger partial charge in [-0.1, -0.05) is 68.7 Å². The van der Waals surface area contributed by atoms with Gasteiger partial charge in [-0.05, 0) is 51.2 Å². The van der Waals surface area contributed by atoms with Crippen LogP contribution in [-0.4, -0.2) is 60.5 Å². The van der Waals surface area contributed by atoms with Gasteiger partial charge in [0, 0.05) is 31.1 Å². The number of allylic oxidation sites excluding steroid dienone is 9. The van der Waals surface area contributed by atoms with Crippen LogP contribution in [0.2, 0.25) is 0 Å². The predicted octanol–water partition coefficient (Wildman–Crippen LogP) is 4.47. The van der Waals surface area contributed by atoms with Crippen LogP contribution in [0.3, 0.4) is 0 Å². The third-order valence-corrected chi connectivity index (χ3v) is 8.45. The second kappa shape index (κ2) is 18.1. The fraction of sp³-hybridized carbons (Fsp3) is 0.500. The number of amides is 2. The fourth-order valence-electron chi connectivity index (χ4n) is 5.59. The molecule has 0 aromatic carbocycles. The van der Waals surface area contributed by atoms with Gasteiger partial charge in [0.1, 0.15) is 12.1 Å². The number of hydrogen-bond donors (Lipinski definition) is 2. The van der Waals surface area contributed by atoms with E-state index in [0.717, 1.165) is 38.2 Å². The third kappa shape index (κ3) is 11.0. The Kier molecular flexibility index (Phi) is 14.3. The number of ketones is 3. The number of hydrogen-bond acceptors (Lipinski definition) is 8. The van der Waals surface area contributed by atoms with Crippen molar-refractivity contribution in [3.63, 3.8) is 0 Å². The third-order valence-electron chi connectivity index (χ3n) is 8.45. The smallest absolute Gasteiger partial charge is 0.328 e. The molecule has 46 heavy (non-hydrogen) atoms. The molecule has 2 bridgehead atoms. The van der Waals surface area contributed by atoms with E-state index in [9.17, 15) is 28.8 Å². The first-order chi connectivity index (χ1) is 22.0. The largest absolute Gasteiger partial charge is 0.460 e. The van der Waals surface area contributed by atoms with E-state index in [0.29, 0.717) is 12.0 Å². The molecule has 4 atom stereocenters. The molecule has 0 saturated heterocycles. The minimum absolute atomic E-state index is 0.0664. The van der Waals surface area contributed by atoms with Crippen molar-refractivity contribution < 1.29 is 38.2 Å². The molecule has 10 nitrogen and oxygen atoms in total. The monoisotopic (exact) mass is 634 g/mol. The minimum Gasteiger partial charge on any atom is -0.460 e. The van der Waals surface area contributed by atoms with Crippen LogP contribution < -0.4 is 10.6 Å². The molecule has 1 fully saturated rings. The van der Waals surface area contributed by atoms with Crippen molar-refractivity contribution in [1.29, 1.82) is 0 Å². The molecule has 0 aromatic heterocycles. The van der Waals surface area contributed by atoms with Crippen molar-refractivity contribution in [3.05, 3.63) is 71.5 Å². The Bertz CT molecular complexity index is 1360. The zero-order valence-electron chi connectivity index (χ0n) is 27.2. The van der Waals surface area contributed by atoms with Crippen LogP contribution in [0.1, 0.15) is 78.6 Å². The van der Waals surface area contributed by atoms with Gasteiger partial charge in [-0.3, -0.25) is 24.0 Å². The summed E-state index contributed by atoms with van der Waals surface area (Å²) in [5.41, 5.74) is 0.561. The van der Waals surface area contributed by atoms with Crippen molar-refractivity contribution in [2.45, 2.75) is 96.8 Å². The van der Waals surface area contributed by atoms with E-state index >= 15 is 0 Å². The molecule has 1 aliphatic heterocycles. The summed E-state index contributed by atoms with van der Waals surface area (Å²) >= 11 is 0. The molecule has 2 aliphatic carbocycles. The van der Waals surface area contributed by atoms with Crippen molar-refractivity contribution in [3.8, 4) is 0 Å². The molecule has 1 saturated carbocycles. The van der Waals surface area contributed by atoms with Crippen molar-refractivity contribution >= 4 is 35.1 Å². The second-order valence-corrected chi connectivity index (χ2v) is 12.0. The van der Waals surface area contributed by atoms with Gasteiger partial charge in [0.05, 0.1) is 24.1 Å². The summed E-state index contributed by atoms with van der Waals surface area (Å²) in [5.74, 6) is -3.14. The maximum atomic E-state index is 13.5. The highest BCUT2D eigenvalue weighted by atomic mass is 16.5. The maximum Gasteiger partial charge on any atom is 0.328 e. The van der Waals surface area contributed by atoms with Gasteiger partial charge in [-0.25, -0.2) is 4.79 Å². The SMILES string of the molecule is CO[C@H]1/C=C/C=C/C=C/C[C@H](OC(=O)[C@@H](C)NC(=O)C2CCCCC2)[C@H](C)C(=O)/C(C)=C\CCC2=CC(=O)C=C(NC(=O)C1)C2=O. The highest BCUT2D eigenvalue weighted by Crippen LogP contribution is 2.24. The summed E-state index contributed by atoms with van der Waals surface area (Å²) in [7, 11) is 1.46. The molecule has 3 aliphatic rings. The van der Waals surface area contributed by atoms with Gasteiger partial charge in [0.25, 0.3) is 0 Å². The van der Waals surface area contributed by atoms with Crippen molar-refractivity contribution in [2.24, 2.45) is 11.8 Å². The van der Waals surface area contributed by atoms with Gasteiger partial charge in [0.2, 0.25) is 17.6 Å². The maximum absolute atomic E-state index is 13.5. The lowest BCUT2D eigenvalue weighted by atomic mass is 9.88. The molecular formula is C36H46N2O8. The van der Waals surface area contributed by atoms with E-state index in [4.69, 9.17) is 9.47 Å². The van der Waals surface area contributed by atoms with Crippen LogP contribution in [0.4, 0.5) is 0 Å². The van der Waals surface area contributed by atoms with E-state index < -0.39 is 47.6 Å². The van der Waals surface area contributed by atoms with E-state index in [1.54, 1.807) is 63.3 Å². The van der Waals surface area contributed by atoms with Crippen LogP contribution >= 0.6 is 0 Å². The molecule has 10 heteroatoms. The number of methoxy groups -OCH3 is 1. The molecular weight excluding hydrogens is 588 g/mol. The topological polar surface area (TPSA) is 145 Å². The van der Waals surface area contributed by atoms with E-state index in [2.05, 4.69) is 10.6 Å². The molecule has 1 heterocycles. The summed E-state index contributed by atoms with van der Waals surface area (Å²) in [6.07, 6.45) is 18.5. The van der Waals surface area contributed by atoms with Gasteiger partial charge < -0.3 is 20.1 Å². The Labute approximate surface area is 271 Å². The summed E-state index contributed by atoms with van der Waals surface area (Å²) in [6.45, 7) is 4.94. The molecule has 3 rings (SSSR count). The fourth-order valence-corrected chi connectivity index (χ4v) is 5.59. The molecule has 2 amide bonds. The zero-order chi connectivity index (χ0) is 33.6. The first kappa shape index (κ1) is 36.3. The van der Waals surface area contributed by atoms with Crippen LogP contribution in [0.15, 0.2) is 71.5 Å². The standard InChI is InChI=1S/C36H46N2O8/c1-23-14-13-17-27-20-28(39)21-30(34(27)42)38-32(40)22-29(45-4)18-11-6-5-7-12-19-31(24(2)33(23)41)46-36(44)25(3)37-35(43)26-15-9-8-10-16-26/h5-7,11-12,14,18,20-21,24-26,29,31H,8-10,13,15-17,19,22H2,1-4H3,(H,37,43)(H,38,40)/b6-5+,12-7+,18-11+,23-14-/t24-,25+,29-,31-/m0/s1. The number of carbonyl (C=O) groups excluding carboxylic acids is 6. The average Bonchev–Trinajstić information content (AvgIpc) is 3.04. The highest BCUT2D eigenvalue weighted by Gasteiger charge is 2.31. The van der Waals surface area contributed by atoms with Gasteiger partial charge in [0.15, 0.2) is 11.6 Å². The Morgan fingerprint density at radius 2 is 1.72 bits per heavy atom. The van der Waals surface area contributed by atoms with Crippen LogP contribution in [0, 0.1) is 11.8 Å². The molecule has 0 radical (unpaired) electrons. The summed E-state index contributed by atoms with van der Waals surface area (Å²) in [5, 5.41) is 5.32. The number of carbonyl (C=O) groups is 6. The van der Waals surface area contributed by atoms with Gasteiger partial charge >= 0.3 is 5.97 Å². The quantitative estimate of drug-likeness (QED) is 0.333. The lowest BCUT2D eigenvalue weighted by molar-refractivity contribution is -0.156. The van der Waals surface area contributed by atoms with E-state index in [-0.39, 0.29) is 48.1 Å². The summed E-state index contributed by atoms with van der Waals surface area (Å²) < 4.78 is 11.2. The Balaban J connectivity index is 1.80. The Hall–Kier alpha value is -4.18.